The number of carbonyl (C=O) groups is 2. The Bertz CT molecular complexity index is 703. The summed E-state index contributed by atoms with van der Waals surface area (Å²) in [7, 11) is 0. The Labute approximate surface area is 133 Å². The van der Waals surface area contributed by atoms with Crippen LogP contribution in [-0.2, 0) is 9.47 Å². The monoisotopic (exact) mass is 315 g/mol. The average molecular weight is 315 g/mol. The lowest BCUT2D eigenvalue weighted by atomic mass is 10.1. The summed E-state index contributed by atoms with van der Waals surface area (Å²) in [4.78, 5) is 22.9. The van der Waals surface area contributed by atoms with E-state index in [1.807, 2.05) is 0 Å². The van der Waals surface area contributed by atoms with E-state index < -0.39 is 0 Å². The first-order valence-electron chi connectivity index (χ1n) is 7.54. The smallest absolute Gasteiger partial charge is 0.338 e. The molecule has 1 aliphatic rings. The summed E-state index contributed by atoms with van der Waals surface area (Å²) in [5.41, 5.74) is 2.11. The van der Waals surface area contributed by atoms with E-state index >= 15 is 0 Å². The van der Waals surface area contributed by atoms with Crippen LogP contribution in [0.25, 0.3) is 5.69 Å². The highest BCUT2D eigenvalue weighted by Gasteiger charge is 2.27. The maximum Gasteiger partial charge on any atom is 0.338 e. The van der Waals surface area contributed by atoms with Gasteiger partial charge in [-0.05, 0) is 44.0 Å². The second-order valence-electron chi connectivity index (χ2n) is 5.16. The highest BCUT2D eigenvalue weighted by molar-refractivity contribution is 5.89. The van der Waals surface area contributed by atoms with Crippen LogP contribution in [0.3, 0.4) is 0 Å². The van der Waals surface area contributed by atoms with Crippen LogP contribution in [0.5, 0.6) is 0 Å². The summed E-state index contributed by atoms with van der Waals surface area (Å²) in [6.07, 6.45) is 2.27. The molecule has 23 heavy (non-hydrogen) atoms. The van der Waals surface area contributed by atoms with Crippen LogP contribution < -0.4 is 0 Å². The summed E-state index contributed by atoms with van der Waals surface area (Å²) in [6.45, 7) is 2.75. The van der Waals surface area contributed by atoms with Gasteiger partial charge in [0.1, 0.15) is 11.8 Å². The Kier molecular flexibility index (Phi) is 4.47. The van der Waals surface area contributed by atoms with Crippen molar-refractivity contribution in [3.8, 4) is 5.69 Å². The molecule has 2 aromatic rings. The molecule has 1 fully saturated rings. The normalized spacial score (nSPS) is 17.2. The van der Waals surface area contributed by atoms with Gasteiger partial charge in [0.05, 0.1) is 17.9 Å². The van der Waals surface area contributed by atoms with E-state index in [0.29, 0.717) is 36.4 Å². The van der Waals surface area contributed by atoms with Crippen molar-refractivity contribution in [1.29, 1.82) is 0 Å². The van der Waals surface area contributed by atoms with Gasteiger partial charge in [-0.3, -0.25) is 4.79 Å². The standard InChI is InChI=1S/C16H17N3O4/c1-2-22-16(21)11-5-7-12(8-6-11)19-15(13(10-20)17-18-19)14-4-3-9-23-14/h5-8,10,14H,2-4,9H2,1H3. The number of hydrogen-bond donors (Lipinski definition) is 0. The first-order valence-corrected chi connectivity index (χ1v) is 7.54. The second kappa shape index (κ2) is 6.70. The summed E-state index contributed by atoms with van der Waals surface area (Å²) in [5, 5.41) is 7.97. The third-order valence-electron chi connectivity index (χ3n) is 3.70. The lowest BCUT2D eigenvalue weighted by molar-refractivity contribution is 0.0526. The third-order valence-corrected chi connectivity index (χ3v) is 3.70. The van der Waals surface area contributed by atoms with Crippen molar-refractivity contribution in [2.45, 2.75) is 25.9 Å². The number of nitrogens with zero attached hydrogens (tertiary/aromatic N) is 3. The molecule has 2 heterocycles. The number of rotatable bonds is 5. The van der Waals surface area contributed by atoms with Gasteiger partial charge < -0.3 is 9.47 Å². The molecule has 0 saturated carbocycles. The highest BCUT2D eigenvalue weighted by atomic mass is 16.5. The molecule has 1 saturated heterocycles. The summed E-state index contributed by atoms with van der Waals surface area (Å²) in [5.74, 6) is -0.370. The number of esters is 1. The first-order chi connectivity index (χ1) is 11.2. The van der Waals surface area contributed by atoms with E-state index in [-0.39, 0.29) is 17.8 Å². The van der Waals surface area contributed by atoms with Crippen LogP contribution in [0.15, 0.2) is 24.3 Å². The zero-order chi connectivity index (χ0) is 16.2. The van der Waals surface area contributed by atoms with Gasteiger partial charge in [-0.1, -0.05) is 5.21 Å². The van der Waals surface area contributed by atoms with E-state index in [2.05, 4.69) is 10.3 Å². The number of carbonyl (C=O) groups excluding carboxylic acids is 2. The minimum Gasteiger partial charge on any atom is -0.462 e. The molecule has 0 radical (unpaired) electrons. The van der Waals surface area contributed by atoms with E-state index in [1.54, 1.807) is 35.9 Å². The van der Waals surface area contributed by atoms with Gasteiger partial charge in [0.2, 0.25) is 0 Å². The molecule has 0 spiro atoms. The maximum absolute atomic E-state index is 11.7. The molecule has 0 bridgehead atoms. The van der Waals surface area contributed by atoms with Crippen molar-refractivity contribution < 1.29 is 19.1 Å². The number of ether oxygens (including phenoxy) is 2. The largest absolute Gasteiger partial charge is 0.462 e. The van der Waals surface area contributed by atoms with Crippen LogP contribution in [0.2, 0.25) is 0 Å². The zero-order valence-electron chi connectivity index (χ0n) is 12.8. The molecule has 1 unspecified atom stereocenters. The molecule has 7 heteroatoms. The van der Waals surface area contributed by atoms with Crippen molar-refractivity contribution >= 4 is 12.3 Å². The van der Waals surface area contributed by atoms with Crippen molar-refractivity contribution in [3.05, 3.63) is 41.2 Å². The van der Waals surface area contributed by atoms with Gasteiger partial charge >= 0.3 is 5.97 Å². The summed E-state index contributed by atoms with van der Waals surface area (Å²) in [6, 6.07) is 6.81. The lowest BCUT2D eigenvalue weighted by Gasteiger charge is -2.12. The van der Waals surface area contributed by atoms with Gasteiger partial charge in [-0.25, -0.2) is 9.48 Å². The van der Waals surface area contributed by atoms with Crippen LogP contribution in [0.4, 0.5) is 0 Å². The fourth-order valence-electron chi connectivity index (χ4n) is 2.62. The maximum atomic E-state index is 11.7. The van der Waals surface area contributed by atoms with E-state index in [4.69, 9.17) is 9.47 Å². The minimum atomic E-state index is -0.370. The predicted octanol–water partition coefficient (Wildman–Crippen LogP) is 2.11. The Hall–Kier alpha value is -2.54. The van der Waals surface area contributed by atoms with Gasteiger partial charge in [-0.2, -0.15) is 0 Å². The van der Waals surface area contributed by atoms with Crippen LogP contribution >= 0.6 is 0 Å². The molecule has 3 rings (SSSR count). The van der Waals surface area contributed by atoms with Crippen LogP contribution in [0.1, 0.15) is 52.4 Å². The average Bonchev–Trinajstić information content (AvgIpc) is 3.24. The molecule has 0 N–H and O–H groups in total. The molecule has 1 aromatic heterocycles. The summed E-state index contributed by atoms with van der Waals surface area (Å²) >= 11 is 0. The fourth-order valence-corrected chi connectivity index (χ4v) is 2.62. The Morgan fingerprint density at radius 2 is 2.22 bits per heavy atom. The molecule has 7 nitrogen and oxygen atoms in total. The molecular formula is C16H17N3O4. The summed E-state index contributed by atoms with van der Waals surface area (Å²) < 4.78 is 12.2. The van der Waals surface area contributed by atoms with Crippen molar-refractivity contribution in [2.75, 3.05) is 13.2 Å². The number of aldehydes is 1. The Morgan fingerprint density at radius 3 is 2.83 bits per heavy atom. The quantitative estimate of drug-likeness (QED) is 0.621. The van der Waals surface area contributed by atoms with Crippen LogP contribution in [-0.4, -0.2) is 40.5 Å². The number of aromatic nitrogens is 3. The van der Waals surface area contributed by atoms with Gasteiger partial charge in [0, 0.05) is 6.61 Å². The van der Waals surface area contributed by atoms with E-state index in [9.17, 15) is 9.59 Å². The van der Waals surface area contributed by atoms with E-state index in [0.717, 1.165) is 12.8 Å². The first kappa shape index (κ1) is 15.4. The van der Waals surface area contributed by atoms with Crippen LogP contribution in [0, 0.1) is 0 Å². The molecule has 0 amide bonds. The van der Waals surface area contributed by atoms with Crippen molar-refractivity contribution in [1.82, 2.24) is 15.0 Å². The van der Waals surface area contributed by atoms with Gasteiger partial charge in [-0.15, -0.1) is 5.10 Å². The third kappa shape index (κ3) is 3.00. The number of benzene rings is 1. The number of hydrogen-bond acceptors (Lipinski definition) is 6. The second-order valence-corrected chi connectivity index (χ2v) is 5.16. The highest BCUT2D eigenvalue weighted by Crippen LogP contribution is 2.31. The SMILES string of the molecule is CCOC(=O)c1ccc(-n2nnc(C=O)c2C2CCCO2)cc1. The van der Waals surface area contributed by atoms with Gasteiger partial charge in [0.25, 0.3) is 0 Å². The van der Waals surface area contributed by atoms with Gasteiger partial charge in [0.15, 0.2) is 12.0 Å². The van der Waals surface area contributed by atoms with E-state index in [1.165, 1.54) is 0 Å². The molecule has 1 aliphatic heterocycles. The fraction of sp³-hybridized carbons (Fsp3) is 0.375. The topological polar surface area (TPSA) is 83.3 Å². The lowest BCUT2D eigenvalue weighted by Crippen LogP contribution is -2.09. The zero-order valence-corrected chi connectivity index (χ0v) is 12.8. The molecule has 0 aliphatic carbocycles. The molecule has 1 atom stereocenters. The van der Waals surface area contributed by atoms with Crippen molar-refractivity contribution in [2.24, 2.45) is 0 Å². The molecule has 1 aromatic carbocycles. The Morgan fingerprint density at radius 1 is 1.43 bits per heavy atom. The molecular weight excluding hydrogens is 298 g/mol. The predicted molar refractivity (Wildman–Crippen MR) is 80.6 cm³/mol. The molecule has 120 valence electrons. The van der Waals surface area contributed by atoms with Crippen molar-refractivity contribution in [3.63, 3.8) is 0 Å². The Balaban J connectivity index is 1.94. The minimum absolute atomic E-state index is 0.185.